The topological polar surface area (TPSA) is 19.6 Å². The monoisotopic (exact) mass is 390 g/mol. The van der Waals surface area contributed by atoms with Crippen LogP contribution in [0, 0.1) is 6.92 Å². The molecule has 0 N–H and O–H groups in total. The Labute approximate surface area is 175 Å². The van der Waals surface area contributed by atoms with Crippen molar-refractivity contribution < 1.29 is 5.84 Å². The van der Waals surface area contributed by atoms with E-state index in [9.17, 15) is 0 Å². The molecule has 29 heavy (non-hydrogen) atoms. The molecule has 2 saturated heterocycles. The fourth-order valence-electron chi connectivity index (χ4n) is 5.18. The van der Waals surface area contributed by atoms with E-state index in [1.165, 1.54) is 74.8 Å². The highest BCUT2D eigenvalue weighted by Gasteiger charge is 2.26. The van der Waals surface area contributed by atoms with Crippen LogP contribution in [0.5, 0.6) is 0 Å². The Morgan fingerprint density at radius 3 is 2.45 bits per heavy atom. The summed E-state index contributed by atoms with van der Waals surface area (Å²) in [7, 11) is 0. The third-order valence-electron chi connectivity index (χ3n) is 6.95. The van der Waals surface area contributed by atoms with Crippen molar-refractivity contribution in [2.45, 2.75) is 51.6 Å². The van der Waals surface area contributed by atoms with Crippen LogP contribution < -0.4 is 0 Å². The van der Waals surface area contributed by atoms with Gasteiger partial charge in [-0.2, -0.15) is 0 Å². The Balaban J connectivity index is 0.00000218. The molecule has 1 aromatic heterocycles. The molecule has 0 bridgehead atoms. The maximum Gasteiger partial charge on any atom is 0.135 e. The van der Waals surface area contributed by atoms with Gasteiger partial charge in [-0.05, 0) is 82.0 Å². The van der Waals surface area contributed by atoms with Gasteiger partial charge in [0.15, 0.2) is 0 Å². The molecule has 2 aliphatic rings. The number of likely N-dealkylation sites (tertiary alicyclic amines) is 2. The van der Waals surface area contributed by atoms with Gasteiger partial charge in [-0.15, -0.1) is 0 Å². The summed E-state index contributed by atoms with van der Waals surface area (Å²) in [6, 6.07) is 17.8. The predicted molar refractivity (Wildman–Crippen MR) is 122 cm³/mol. The fraction of sp³-hybridized carbons (Fsp3) is 0.462. The van der Waals surface area contributed by atoms with Gasteiger partial charge in [0, 0.05) is 25.0 Å². The third-order valence-corrected chi connectivity index (χ3v) is 6.95. The second kappa shape index (κ2) is 8.33. The van der Waals surface area contributed by atoms with Gasteiger partial charge in [0.25, 0.3) is 0 Å². The molecule has 0 atom stereocenters. The van der Waals surface area contributed by atoms with Crippen molar-refractivity contribution >= 4 is 11.0 Å². The first-order chi connectivity index (χ1) is 14.3. The average molecular weight is 391 g/mol. The number of fused-ring (bicyclic) bond motifs is 1. The van der Waals surface area contributed by atoms with E-state index in [4.69, 9.17) is 4.42 Å². The lowest BCUT2D eigenvalue weighted by atomic mass is 9.98. The van der Waals surface area contributed by atoms with Crippen LogP contribution in [0.4, 0.5) is 0 Å². The molecule has 3 nitrogen and oxygen atoms in total. The summed E-state index contributed by atoms with van der Waals surface area (Å²) < 4.78 is 6.21. The van der Waals surface area contributed by atoms with Gasteiger partial charge in [-0.25, -0.2) is 0 Å². The molecule has 3 heterocycles. The smallest absolute Gasteiger partial charge is 0.135 e. The van der Waals surface area contributed by atoms with Crippen molar-refractivity contribution in [2.75, 3.05) is 26.2 Å². The molecule has 0 radical (unpaired) electrons. The molecule has 2 fully saturated rings. The highest BCUT2D eigenvalue weighted by atomic mass is 16.3. The van der Waals surface area contributed by atoms with Crippen molar-refractivity contribution in [3.63, 3.8) is 0 Å². The Hall–Kier alpha value is -2.10. The standard InChI is InChI=1S/C26H32N2O.H2/c1-20-10-11-25-23(18-26(29-25)21-8-4-2-5-9-21)24(20)19-27-16-12-22(13-17-27)28-14-6-3-7-15-28;/h2,4-5,8-11,18,22H,3,6-7,12-17,19H2,1H3;1H. The minimum atomic E-state index is 0. The highest BCUT2D eigenvalue weighted by molar-refractivity contribution is 5.86. The normalized spacial score (nSPS) is 19.8. The fourth-order valence-corrected chi connectivity index (χ4v) is 5.18. The summed E-state index contributed by atoms with van der Waals surface area (Å²) >= 11 is 0. The van der Waals surface area contributed by atoms with Gasteiger partial charge in [0.2, 0.25) is 0 Å². The number of rotatable bonds is 4. The molecule has 154 valence electrons. The molecule has 2 aliphatic heterocycles. The first kappa shape index (κ1) is 18.9. The van der Waals surface area contributed by atoms with Crippen LogP contribution in [0.1, 0.15) is 44.7 Å². The quantitative estimate of drug-likeness (QED) is 0.536. The lowest BCUT2D eigenvalue weighted by Gasteiger charge is -2.40. The largest absolute Gasteiger partial charge is 0.456 e. The first-order valence-corrected chi connectivity index (χ1v) is 11.3. The number of piperidine rings is 2. The summed E-state index contributed by atoms with van der Waals surface area (Å²) in [5.74, 6) is 0.969. The van der Waals surface area contributed by atoms with Crippen LogP contribution in [0.25, 0.3) is 22.3 Å². The molecule has 3 aromatic rings. The van der Waals surface area contributed by atoms with Crippen LogP contribution in [0.15, 0.2) is 52.9 Å². The SMILES string of the molecule is Cc1ccc2oc(-c3ccccc3)cc2c1CN1CCC(N2CCCCC2)CC1.[HH]. The van der Waals surface area contributed by atoms with Gasteiger partial charge < -0.3 is 9.32 Å². The number of furan rings is 1. The van der Waals surface area contributed by atoms with Crippen molar-refractivity contribution in [1.82, 2.24) is 9.80 Å². The Morgan fingerprint density at radius 1 is 0.931 bits per heavy atom. The third kappa shape index (κ3) is 3.99. The molecular formula is C26H34N2O. The summed E-state index contributed by atoms with van der Waals surface area (Å²) in [5, 5.41) is 1.28. The van der Waals surface area contributed by atoms with Gasteiger partial charge in [0.1, 0.15) is 11.3 Å². The number of aryl methyl sites for hydroxylation is 1. The minimum absolute atomic E-state index is 0. The van der Waals surface area contributed by atoms with Gasteiger partial charge in [0.05, 0.1) is 0 Å². The molecule has 2 aromatic carbocycles. The zero-order chi connectivity index (χ0) is 19.6. The van der Waals surface area contributed by atoms with E-state index in [-0.39, 0.29) is 1.43 Å². The molecule has 3 heteroatoms. The Kier molecular flexibility index (Phi) is 5.43. The maximum atomic E-state index is 6.21. The number of nitrogens with zero attached hydrogens (tertiary/aromatic N) is 2. The Bertz CT molecular complexity index is 954. The van der Waals surface area contributed by atoms with Crippen LogP contribution >= 0.6 is 0 Å². The summed E-state index contributed by atoms with van der Waals surface area (Å²) in [4.78, 5) is 5.41. The molecule has 0 saturated carbocycles. The van der Waals surface area contributed by atoms with Crippen molar-refractivity contribution in [2.24, 2.45) is 0 Å². The lowest BCUT2D eigenvalue weighted by molar-refractivity contribution is 0.0897. The minimum Gasteiger partial charge on any atom is -0.456 e. The van der Waals surface area contributed by atoms with Crippen molar-refractivity contribution in [3.8, 4) is 11.3 Å². The van der Waals surface area contributed by atoms with E-state index in [1.54, 1.807) is 0 Å². The van der Waals surface area contributed by atoms with E-state index in [0.29, 0.717) is 0 Å². The summed E-state index contributed by atoms with van der Waals surface area (Å²) in [6.07, 6.45) is 6.84. The van der Waals surface area contributed by atoms with Gasteiger partial charge >= 0.3 is 0 Å². The second-order valence-corrected chi connectivity index (χ2v) is 8.85. The van der Waals surface area contributed by atoms with Crippen molar-refractivity contribution in [1.29, 1.82) is 0 Å². The van der Waals surface area contributed by atoms with Crippen LogP contribution in [0.3, 0.4) is 0 Å². The van der Waals surface area contributed by atoms with Gasteiger partial charge in [-0.3, -0.25) is 4.90 Å². The molecule has 0 aliphatic carbocycles. The summed E-state index contributed by atoms with van der Waals surface area (Å²) in [6.45, 7) is 8.33. The van der Waals surface area contributed by atoms with Crippen LogP contribution in [0.2, 0.25) is 0 Å². The predicted octanol–water partition coefficient (Wildman–Crippen LogP) is 6.10. The van der Waals surface area contributed by atoms with Crippen LogP contribution in [-0.2, 0) is 6.54 Å². The Morgan fingerprint density at radius 2 is 1.69 bits per heavy atom. The van der Waals surface area contributed by atoms with Gasteiger partial charge in [-0.1, -0.05) is 42.8 Å². The van der Waals surface area contributed by atoms with E-state index in [0.717, 1.165) is 29.5 Å². The highest BCUT2D eigenvalue weighted by Crippen LogP contribution is 2.32. The van der Waals surface area contributed by atoms with Crippen LogP contribution in [-0.4, -0.2) is 42.0 Å². The molecule has 0 spiro atoms. The van der Waals surface area contributed by atoms with E-state index < -0.39 is 0 Å². The lowest BCUT2D eigenvalue weighted by Crippen LogP contribution is -2.46. The first-order valence-electron chi connectivity index (χ1n) is 11.3. The molecule has 5 rings (SSSR count). The zero-order valence-corrected chi connectivity index (χ0v) is 17.6. The van der Waals surface area contributed by atoms with E-state index >= 15 is 0 Å². The van der Waals surface area contributed by atoms with Crippen molar-refractivity contribution in [3.05, 3.63) is 59.7 Å². The number of hydrogen-bond acceptors (Lipinski definition) is 3. The molecule has 0 amide bonds. The maximum absolute atomic E-state index is 6.21. The van der Waals surface area contributed by atoms with E-state index in [1.807, 2.05) is 0 Å². The average Bonchev–Trinajstić information content (AvgIpc) is 3.22. The van der Waals surface area contributed by atoms with E-state index in [2.05, 4.69) is 65.3 Å². The summed E-state index contributed by atoms with van der Waals surface area (Å²) in [5.41, 5.74) is 4.96. The molecular weight excluding hydrogens is 356 g/mol. The second-order valence-electron chi connectivity index (χ2n) is 8.85. The molecule has 0 unspecified atom stereocenters. The number of benzene rings is 2. The number of hydrogen-bond donors (Lipinski definition) is 0. The zero-order valence-electron chi connectivity index (χ0n) is 17.6.